The van der Waals surface area contributed by atoms with Crippen LogP contribution in [0.4, 0.5) is 19.0 Å². The Balaban J connectivity index is 2.62. The molecular formula is C8H7BrClF3N2O. The zero-order valence-corrected chi connectivity index (χ0v) is 10.1. The molecule has 90 valence electrons. The van der Waals surface area contributed by atoms with Crippen molar-refractivity contribution in [3.63, 3.8) is 0 Å². The maximum atomic E-state index is 12.0. The standard InChI is InChI=1S/C8H7BrClF3N2O/c9-4-1-5(10)7(14-2-4)15-3-6(16)8(11,12)13/h1-2,6,16H,3H2,(H,14,15). The summed E-state index contributed by atoms with van der Waals surface area (Å²) in [6.45, 7) is -0.697. The van der Waals surface area contributed by atoms with Gasteiger partial charge in [-0.1, -0.05) is 11.6 Å². The van der Waals surface area contributed by atoms with E-state index in [9.17, 15) is 13.2 Å². The fourth-order valence-electron chi connectivity index (χ4n) is 0.854. The molecule has 16 heavy (non-hydrogen) atoms. The predicted octanol–water partition coefficient (Wildman–Crippen LogP) is 2.83. The molecule has 1 rings (SSSR count). The number of anilines is 1. The summed E-state index contributed by atoms with van der Waals surface area (Å²) in [6.07, 6.45) is -5.72. The van der Waals surface area contributed by atoms with E-state index in [0.29, 0.717) is 4.47 Å². The van der Waals surface area contributed by atoms with Crippen molar-refractivity contribution in [3.8, 4) is 0 Å². The van der Waals surface area contributed by atoms with E-state index in [1.165, 1.54) is 12.3 Å². The smallest absolute Gasteiger partial charge is 0.382 e. The minimum absolute atomic E-state index is 0.0909. The van der Waals surface area contributed by atoms with Crippen LogP contribution in [0.2, 0.25) is 5.02 Å². The summed E-state index contributed by atoms with van der Waals surface area (Å²) < 4.78 is 36.5. The Kier molecular flexibility index (Phi) is 4.40. The van der Waals surface area contributed by atoms with Crippen molar-refractivity contribution in [1.82, 2.24) is 4.98 Å². The van der Waals surface area contributed by atoms with E-state index in [0.717, 1.165) is 0 Å². The van der Waals surface area contributed by atoms with Crippen LogP contribution >= 0.6 is 27.5 Å². The quantitative estimate of drug-likeness (QED) is 0.900. The second kappa shape index (κ2) is 5.20. The third-order valence-corrected chi connectivity index (χ3v) is 2.37. The van der Waals surface area contributed by atoms with Gasteiger partial charge in [-0.2, -0.15) is 13.2 Å². The van der Waals surface area contributed by atoms with Crippen molar-refractivity contribution in [2.24, 2.45) is 0 Å². The molecule has 2 N–H and O–H groups in total. The first-order chi connectivity index (χ1) is 7.30. The van der Waals surface area contributed by atoms with E-state index < -0.39 is 18.8 Å². The van der Waals surface area contributed by atoms with Crippen LogP contribution in [-0.2, 0) is 0 Å². The Morgan fingerprint density at radius 3 is 2.69 bits per heavy atom. The summed E-state index contributed by atoms with van der Waals surface area (Å²) in [5.74, 6) is 0.0909. The maximum absolute atomic E-state index is 12.0. The molecule has 1 heterocycles. The Morgan fingerprint density at radius 1 is 1.56 bits per heavy atom. The molecule has 1 unspecified atom stereocenters. The third kappa shape index (κ3) is 3.80. The van der Waals surface area contributed by atoms with Crippen LogP contribution in [0.3, 0.4) is 0 Å². The number of rotatable bonds is 3. The van der Waals surface area contributed by atoms with Gasteiger partial charge in [0.2, 0.25) is 0 Å². The lowest BCUT2D eigenvalue weighted by molar-refractivity contribution is -0.198. The molecule has 8 heteroatoms. The molecule has 1 atom stereocenters. The minimum atomic E-state index is -4.66. The number of nitrogens with one attached hydrogen (secondary N) is 1. The van der Waals surface area contributed by atoms with Crippen LogP contribution < -0.4 is 5.32 Å². The van der Waals surface area contributed by atoms with Gasteiger partial charge < -0.3 is 10.4 Å². The third-order valence-electron chi connectivity index (χ3n) is 1.65. The number of halogens is 5. The number of alkyl halides is 3. The van der Waals surface area contributed by atoms with Gasteiger partial charge in [-0.05, 0) is 22.0 Å². The largest absolute Gasteiger partial charge is 0.416 e. The van der Waals surface area contributed by atoms with E-state index in [-0.39, 0.29) is 10.8 Å². The van der Waals surface area contributed by atoms with Gasteiger partial charge in [0.1, 0.15) is 5.82 Å². The highest BCUT2D eigenvalue weighted by Crippen LogP contribution is 2.24. The fourth-order valence-corrected chi connectivity index (χ4v) is 1.55. The highest BCUT2D eigenvalue weighted by atomic mass is 79.9. The molecule has 0 saturated heterocycles. The number of hydrogen-bond donors (Lipinski definition) is 2. The average molecular weight is 320 g/mol. The highest BCUT2D eigenvalue weighted by molar-refractivity contribution is 9.10. The van der Waals surface area contributed by atoms with Gasteiger partial charge in [0.05, 0.1) is 11.6 Å². The molecule has 0 aromatic carbocycles. The van der Waals surface area contributed by atoms with E-state index >= 15 is 0 Å². The number of aromatic nitrogens is 1. The molecule has 0 aliphatic heterocycles. The van der Waals surface area contributed by atoms with E-state index in [4.69, 9.17) is 16.7 Å². The van der Waals surface area contributed by atoms with Crippen LogP contribution in [0.5, 0.6) is 0 Å². The van der Waals surface area contributed by atoms with E-state index in [1.54, 1.807) is 0 Å². The van der Waals surface area contributed by atoms with Crippen LogP contribution in [0.25, 0.3) is 0 Å². The van der Waals surface area contributed by atoms with Gasteiger partial charge in [-0.15, -0.1) is 0 Å². The molecule has 0 bridgehead atoms. The van der Waals surface area contributed by atoms with Crippen molar-refractivity contribution in [1.29, 1.82) is 0 Å². The molecular weight excluding hydrogens is 312 g/mol. The van der Waals surface area contributed by atoms with Gasteiger partial charge in [0.15, 0.2) is 6.10 Å². The van der Waals surface area contributed by atoms with Crippen LogP contribution in [0.1, 0.15) is 0 Å². The molecule has 0 aliphatic rings. The monoisotopic (exact) mass is 318 g/mol. The van der Waals surface area contributed by atoms with Crippen LogP contribution in [0, 0.1) is 0 Å². The average Bonchev–Trinajstić information content (AvgIpc) is 2.14. The number of nitrogens with zero attached hydrogens (tertiary/aromatic N) is 1. The number of pyridine rings is 1. The highest BCUT2D eigenvalue weighted by Gasteiger charge is 2.37. The predicted molar refractivity (Wildman–Crippen MR) is 57.5 cm³/mol. The molecule has 0 saturated carbocycles. The van der Waals surface area contributed by atoms with Crippen LogP contribution in [-0.4, -0.2) is 28.9 Å². The van der Waals surface area contributed by atoms with Gasteiger partial charge >= 0.3 is 6.18 Å². The summed E-state index contributed by atoms with van der Waals surface area (Å²) in [4.78, 5) is 3.76. The van der Waals surface area contributed by atoms with E-state index in [2.05, 4.69) is 26.2 Å². The number of aliphatic hydroxyl groups is 1. The van der Waals surface area contributed by atoms with Crippen molar-refractivity contribution < 1.29 is 18.3 Å². The zero-order valence-electron chi connectivity index (χ0n) is 7.72. The van der Waals surface area contributed by atoms with Crippen LogP contribution in [0.15, 0.2) is 16.7 Å². The number of aliphatic hydroxyl groups excluding tert-OH is 1. The lowest BCUT2D eigenvalue weighted by Gasteiger charge is -2.15. The van der Waals surface area contributed by atoms with E-state index in [1.807, 2.05) is 0 Å². The first-order valence-corrected chi connectivity index (χ1v) is 5.27. The summed E-state index contributed by atoms with van der Waals surface area (Å²) in [7, 11) is 0. The van der Waals surface area contributed by atoms with Crippen molar-refractivity contribution in [3.05, 3.63) is 21.8 Å². The van der Waals surface area contributed by atoms with Gasteiger partial charge in [0, 0.05) is 10.7 Å². The Labute approximate surface area is 103 Å². The fraction of sp³-hybridized carbons (Fsp3) is 0.375. The Hall–Kier alpha value is -0.530. The molecule has 0 fully saturated rings. The maximum Gasteiger partial charge on any atom is 0.416 e. The van der Waals surface area contributed by atoms with Crippen molar-refractivity contribution in [2.45, 2.75) is 12.3 Å². The molecule has 3 nitrogen and oxygen atoms in total. The van der Waals surface area contributed by atoms with Gasteiger partial charge in [-0.25, -0.2) is 4.98 Å². The molecule has 0 spiro atoms. The lowest BCUT2D eigenvalue weighted by atomic mass is 10.3. The molecule has 0 radical (unpaired) electrons. The second-order valence-electron chi connectivity index (χ2n) is 2.92. The first kappa shape index (κ1) is 13.5. The molecule has 1 aromatic rings. The molecule has 1 aromatic heterocycles. The summed E-state index contributed by atoms with van der Waals surface area (Å²) in [5, 5.41) is 11.2. The van der Waals surface area contributed by atoms with Crippen molar-refractivity contribution in [2.75, 3.05) is 11.9 Å². The molecule has 0 amide bonds. The topological polar surface area (TPSA) is 45.1 Å². The van der Waals surface area contributed by atoms with Gasteiger partial charge in [-0.3, -0.25) is 0 Å². The molecule has 0 aliphatic carbocycles. The second-order valence-corrected chi connectivity index (χ2v) is 4.25. The van der Waals surface area contributed by atoms with Gasteiger partial charge in [0.25, 0.3) is 0 Å². The summed E-state index contributed by atoms with van der Waals surface area (Å²) in [6, 6.07) is 1.48. The normalized spacial score (nSPS) is 13.6. The summed E-state index contributed by atoms with van der Waals surface area (Å²) >= 11 is 8.81. The van der Waals surface area contributed by atoms with Crippen molar-refractivity contribution >= 4 is 33.3 Å². The Morgan fingerprint density at radius 2 is 2.19 bits per heavy atom. The minimum Gasteiger partial charge on any atom is -0.382 e. The Bertz CT molecular complexity index is 375. The SMILES string of the molecule is OC(CNc1ncc(Br)cc1Cl)C(F)(F)F. The zero-order chi connectivity index (χ0) is 12.3. The lowest BCUT2D eigenvalue weighted by Crippen LogP contribution is -2.35. The summed E-state index contributed by atoms with van der Waals surface area (Å²) in [5.41, 5.74) is 0. The number of hydrogen-bond acceptors (Lipinski definition) is 3. The first-order valence-electron chi connectivity index (χ1n) is 4.10.